The van der Waals surface area contributed by atoms with Gasteiger partial charge in [-0.1, -0.05) is 0 Å². The molecule has 164 valence electrons. The average Bonchev–Trinajstić information content (AvgIpc) is 3.15. The molecular weight excluding hydrogens is 394 g/mol. The van der Waals surface area contributed by atoms with Crippen LogP contribution < -0.4 is 16.0 Å². The fourth-order valence-electron chi connectivity index (χ4n) is 3.83. The number of rotatable bonds is 8. The van der Waals surface area contributed by atoms with E-state index in [1.54, 1.807) is 19.5 Å². The molecule has 1 saturated heterocycles. The lowest BCUT2D eigenvalue weighted by Gasteiger charge is -2.23. The highest BCUT2D eigenvalue weighted by molar-refractivity contribution is 5.95. The smallest absolute Gasteiger partial charge is 0.271 e. The van der Waals surface area contributed by atoms with Crippen molar-refractivity contribution in [1.29, 1.82) is 0 Å². The zero-order valence-electron chi connectivity index (χ0n) is 18.0. The summed E-state index contributed by atoms with van der Waals surface area (Å²) in [5.41, 5.74) is 3.58. The number of amides is 1. The number of fused-ring (bicyclic) bond motifs is 1. The van der Waals surface area contributed by atoms with E-state index in [-0.39, 0.29) is 5.91 Å². The van der Waals surface area contributed by atoms with E-state index in [2.05, 4.69) is 25.9 Å². The molecule has 0 aliphatic carbocycles. The van der Waals surface area contributed by atoms with Crippen molar-refractivity contribution in [3.05, 3.63) is 42.1 Å². The second-order valence-corrected chi connectivity index (χ2v) is 7.77. The Kier molecular flexibility index (Phi) is 6.73. The molecule has 1 aliphatic heterocycles. The van der Waals surface area contributed by atoms with Crippen molar-refractivity contribution in [2.24, 2.45) is 5.92 Å². The van der Waals surface area contributed by atoms with Gasteiger partial charge in [0, 0.05) is 44.4 Å². The molecule has 0 radical (unpaired) electrons. The molecule has 3 aromatic rings. The molecule has 0 atom stereocenters. The Morgan fingerprint density at radius 1 is 1.26 bits per heavy atom. The van der Waals surface area contributed by atoms with Gasteiger partial charge in [-0.2, -0.15) is 0 Å². The third kappa shape index (κ3) is 4.83. The van der Waals surface area contributed by atoms with Crippen LogP contribution in [0.15, 0.2) is 30.7 Å². The summed E-state index contributed by atoms with van der Waals surface area (Å²) >= 11 is 0. The molecule has 1 aliphatic rings. The number of methoxy groups -OCH3 is 1. The van der Waals surface area contributed by atoms with Crippen LogP contribution in [0.5, 0.6) is 0 Å². The Bertz CT molecular complexity index is 1030. The molecule has 4 rings (SSSR count). The number of carbonyl (C=O) groups excluding carboxylic acids is 1. The summed E-state index contributed by atoms with van der Waals surface area (Å²) in [7, 11) is 1.61. The second-order valence-electron chi connectivity index (χ2n) is 7.77. The van der Waals surface area contributed by atoms with Crippen molar-refractivity contribution in [3.8, 4) is 11.3 Å². The largest absolute Gasteiger partial charge is 0.383 e. The van der Waals surface area contributed by atoms with E-state index in [0.29, 0.717) is 36.2 Å². The van der Waals surface area contributed by atoms with Crippen LogP contribution in [0, 0.1) is 12.8 Å². The quantitative estimate of drug-likeness (QED) is 0.475. The van der Waals surface area contributed by atoms with Crippen LogP contribution in [0.25, 0.3) is 16.9 Å². The highest BCUT2D eigenvalue weighted by Gasteiger charge is 2.21. The third-order valence-electron chi connectivity index (χ3n) is 5.65. The lowest BCUT2D eigenvalue weighted by Crippen LogP contribution is -2.31. The van der Waals surface area contributed by atoms with E-state index >= 15 is 0 Å². The monoisotopic (exact) mass is 423 g/mol. The number of hydrogen-bond acceptors (Lipinski definition) is 7. The summed E-state index contributed by atoms with van der Waals surface area (Å²) in [5.74, 6) is 1.06. The second kappa shape index (κ2) is 9.84. The Labute approximate surface area is 181 Å². The molecule has 31 heavy (non-hydrogen) atoms. The number of nitrogens with zero attached hydrogens (tertiary/aromatic N) is 4. The molecule has 0 saturated carbocycles. The van der Waals surface area contributed by atoms with E-state index < -0.39 is 0 Å². The number of ether oxygens (including phenoxy) is 1. The van der Waals surface area contributed by atoms with Crippen LogP contribution in [0.3, 0.4) is 0 Å². The minimum Gasteiger partial charge on any atom is -0.383 e. The number of pyridine rings is 1. The number of hydrogen-bond donors (Lipinski definition) is 3. The first kappa shape index (κ1) is 21.2. The van der Waals surface area contributed by atoms with E-state index in [1.807, 2.05) is 29.7 Å². The molecule has 3 N–H and O–H groups in total. The summed E-state index contributed by atoms with van der Waals surface area (Å²) in [5, 5.41) is 9.76. The predicted molar refractivity (Wildman–Crippen MR) is 119 cm³/mol. The van der Waals surface area contributed by atoms with Crippen LogP contribution in [-0.2, 0) is 4.74 Å². The number of carbonyl (C=O) groups is 1. The number of piperidine rings is 1. The molecule has 0 aromatic carbocycles. The van der Waals surface area contributed by atoms with Crippen molar-refractivity contribution in [3.63, 3.8) is 0 Å². The molecule has 3 aromatic heterocycles. The molecular formula is C22H29N7O2. The van der Waals surface area contributed by atoms with E-state index in [0.717, 1.165) is 49.4 Å². The van der Waals surface area contributed by atoms with Gasteiger partial charge in [0.25, 0.3) is 5.91 Å². The highest BCUT2D eigenvalue weighted by Crippen LogP contribution is 2.25. The number of aryl methyl sites for hydroxylation is 1. The Morgan fingerprint density at radius 2 is 2.03 bits per heavy atom. The molecule has 0 unspecified atom stereocenters. The van der Waals surface area contributed by atoms with Crippen LogP contribution in [0.1, 0.15) is 29.0 Å². The number of aromatic nitrogens is 4. The summed E-state index contributed by atoms with van der Waals surface area (Å²) in [4.78, 5) is 26.3. The maximum Gasteiger partial charge on any atom is 0.271 e. The first-order valence-corrected chi connectivity index (χ1v) is 10.7. The fraction of sp³-hybridized carbons (Fsp3) is 0.455. The van der Waals surface area contributed by atoms with Crippen LogP contribution in [-0.4, -0.2) is 65.2 Å². The maximum atomic E-state index is 12.7. The van der Waals surface area contributed by atoms with Crippen molar-refractivity contribution in [1.82, 2.24) is 30.0 Å². The van der Waals surface area contributed by atoms with Gasteiger partial charge in [-0.05, 0) is 50.9 Å². The molecule has 0 spiro atoms. The Balaban J connectivity index is 1.69. The minimum absolute atomic E-state index is 0.215. The highest BCUT2D eigenvalue weighted by atomic mass is 16.5. The van der Waals surface area contributed by atoms with Crippen molar-refractivity contribution < 1.29 is 9.53 Å². The number of anilines is 1. The SMILES string of the molecule is COCCNC(=O)c1nc2c(NCC3CCNCC3)nc(-c3ccncc3)cn2c1C. The normalized spacial score (nSPS) is 14.6. The summed E-state index contributed by atoms with van der Waals surface area (Å²) in [6.45, 7) is 5.70. The van der Waals surface area contributed by atoms with Crippen molar-refractivity contribution in [2.75, 3.05) is 45.2 Å². The van der Waals surface area contributed by atoms with Gasteiger partial charge in [0.15, 0.2) is 11.5 Å². The average molecular weight is 424 g/mol. The Morgan fingerprint density at radius 3 is 2.77 bits per heavy atom. The van der Waals surface area contributed by atoms with Gasteiger partial charge < -0.3 is 20.7 Å². The van der Waals surface area contributed by atoms with Crippen LogP contribution >= 0.6 is 0 Å². The summed E-state index contributed by atoms with van der Waals surface area (Å²) in [6, 6.07) is 3.85. The molecule has 0 bridgehead atoms. The lowest BCUT2D eigenvalue weighted by atomic mass is 9.98. The molecule has 1 fully saturated rings. The zero-order valence-corrected chi connectivity index (χ0v) is 18.0. The summed E-state index contributed by atoms with van der Waals surface area (Å²) in [6.07, 6.45) is 7.69. The first-order chi connectivity index (χ1) is 15.2. The van der Waals surface area contributed by atoms with Gasteiger partial charge in [-0.3, -0.25) is 14.2 Å². The fourth-order valence-corrected chi connectivity index (χ4v) is 3.83. The lowest BCUT2D eigenvalue weighted by molar-refractivity contribution is 0.0932. The minimum atomic E-state index is -0.215. The third-order valence-corrected chi connectivity index (χ3v) is 5.65. The standard InChI is InChI=1S/C22H29N7O2/c1-15-19(22(30)25-11-12-31-2)28-21-20(26-13-16-3-7-23-8-4-16)27-18(14-29(15)21)17-5-9-24-10-6-17/h5-6,9-10,14,16,23H,3-4,7-8,11-13H2,1-2H3,(H,25,30)(H,26,27). The van der Waals surface area contributed by atoms with Gasteiger partial charge in [0.1, 0.15) is 5.69 Å². The van der Waals surface area contributed by atoms with Gasteiger partial charge in [-0.25, -0.2) is 9.97 Å². The van der Waals surface area contributed by atoms with Gasteiger partial charge in [-0.15, -0.1) is 0 Å². The maximum absolute atomic E-state index is 12.7. The molecule has 9 nitrogen and oxygen atoms in total. The molecule has 4 heterocycles. The topological polar surface area (TPSA) is 105 Å². The Hall–Kier alpha value is -3.04. The van der Waals surface area contributed by atoms with Crippen LogP contribution in [0.2, 0.25) is 0 Å². The summed E-state index contributed by atoms with van der Waals surface area (Å²) < 4.78 is 6.96. The van der Waals surface area contributed by atoms with Gasteiger partial charge in [0.2, 0.25) is 0 Å². The molecule has 1 amide bonds. The number of imidazole rings is 1. The van der Waals surface area contributed by atoms with Crippen LogP contribution in [0.4, 0.5) is 5.82 Å². The number of nitrogens with one attached hydrogen (secondary N) is 3. The van der Waals surface area contributed by atoms with E-state index in [4.69, 9.17) is 9.72 Å². The van der Waals surface area contributed by atoms with Gasteiger partial charge >= 0.3 is 0 Å². The van der Waals surface area contributed by atoms with E-state index in [1.165, 1.54) is 0 Å². The van der Waals surface area contributed by atoms with Crippen molar-refractivity contribution >= 4 is 17.4 Å². The predicted octanol–water partition coefficient (Wildman–Crippen LogP) is 1.89. The van der Waals surface area contributed by atoms with Gasteiger partial charge in [0.05, 0.1) is 18.0 Å². The zero-order chi connectivity index (χ0) is 21.6. The van der Waals surface area contributed by atoms with Crippen molar-refractivity contribution in [2.45, 2.75) is 19.8 Å². The molecule has 9 heteroatoms. The van der Waals surface area contributed by atoms with E-state index in [9.17, 15) is 4.79 Å². The first-order valence-electron chi connectivity index (χ1n) is 10.7.